The molecule has 28 heavy (non-hydrogen) atoms. The molecule has 8 heteroatoms. The quantitative estimate of drug-likeness (QED) is 0.531. The minimum atomic E-state index is 0.0949. The minimum absolute atomic E-state index is 0.0949. The highest BCUT2D eigenvalue weighted by Gasteiger charge is 2.24. The third-order valence-corrected chi connectivity index (χ3v) is 6.07. The smallest absolute Gasteiger partial charge is 0.255 e. The van der Waals surface area contributed by atoms with Crippen LogP contribution in [0.5, 0.6) is 0 Å². The van der Waals surface area contributed by atoms with Gasteiger partial charge in [-0.05, 0) is 48.6 Å². The average molecular weight is 488 g/mol. The van der Waals surface area contributed by atoms with Crippen molar-refractivity contribution in [1.29, 1.82) is 0 Å². The third kappa shape index (κ3) is 3.60. The Morgan fingerprint density at radius 1 is 1.00 bits per heavy atom. The predicted octanol–water partition coefficient (Wildman–Crippen LogP) is 2.85. The van der Waals surface area contributed by atoms with E-state index in [4.69, 9.17) is 0 Å². The van der Waals surface area contributed by atoms with Crippen molar-refractivity contribution in [2.24, 2.45) is 0 Å². The summed E-state index contributed by atoms with van der Waals surface area (Å²) in [4.78, 5) is 30.1. The van der Waals surface area contributed by atoms with Crippen molar-refractivity contribution in [2.75, 3.05) is 31.1 Å². The van der Waals surface area contributed by atoms with Crippen molar-refractivity contribution in [3.8, 4) is 5.82 Å². The van der Waals surface area contributed by atoms with Crippen LogP contribution in [0.2, 0.25) is 0 Å². The highest BCUT2D eigenvalue weighted by Crippen LogP contribution is 2.20. The van der Waals surface area contributed by atoms with Crippen LogP contribution in [0.15, 0.2) is 43.0 Å². The Hall–Kier alpha value is -2.49. The van der Waals surface area contributed by atoms with E-state index in [9.17, 15) is 4.79 Å². The zero-order valence-corrected chi connectivity index (χ0v) is 18.0. The first kappa shape index (κ1) is 18.9. The van der Waals surface area contributed by atoms with E-state index in [1.165, 1.54) is 0 Å². The Morgan fingerprint density at radius 3 is 2.39 bits per heavy atom. The summed E-state index contributed by atoms with van der Waals surface area (Å²) in [6, 6.07) is 9.70. The van der Waals surface area contributed by atoms with Gasteiger partial charge in [-0.15, -0.1) is 0 Å². The second-order valence-corrected chi connectivity index (χ2v) is 7.94. The van der Waals surface area contributed by atoms with Crippen LogP contribution >= 0.6 is 22.6 Å². The first-order chi connectivity index (χ1) is 13.5. The lowest BCUT2D eigenvalue weighted by Crippen LogP contribution is -2.49. The maximum atomic E-state index is 12.8. The number of benzene rings is 1. The lowest BCUT2D eigenvalue weighted by atomic mass is 10.2. The summed E-state index contributed by atoms with van der Waals surface area (Å²) in [7, 11) is 0. The van der Waals surface area contributed by atoms with E-state index in [0.29, 0.717) is 13.1 Å². The van der Waals surface area contributed by atoms with Crippen LogP contribution in [0.3, 0.4) is 0 Å². The summed E-state index contributed by atoms with van der Waals surface area (Å²) in [6.45, 7) is 6.84. The average Bonchev–Trinajstić information content (AvgIpc) is 3.07. The molecule has 1 aromatic carbocycles. The van der Waals surface area contributed by atoms with E-state index in [1.807, 2.05) is 53.6 Å². The van der Waals surface area contributed by atoms with Crippen LogP contribution in [0.4, 0.5) is 5.82 Å². The molecule has 1 fully saturated rings. The number of anilines is 1. The van der Waals surface area contributed by atoms with Crippen LogP contribution in [0.25, 0.3) is 5.82 Å². The molecule has 1 aliphatic heterocycles. The first-order valence-electron chi connectivity index (χ1n) is 9.16. The fourth-order valence-corrected chi connectivity index (χ4v) is 3.93. The number of halogens is 1. The third-order valence-electron chi connectivity index (χ3n) is 5.13. The SMILES string of the molecule is Cc1ncn(-c2cc(N3CCN(C(=O)c4ccccc4I)CC3)ncn2)c1C. The number of amides is 1. The molecule has 0 unspecified atom stereocenters. The normalized spacial score (nSPS) is 14.4. The van der Waals surface area contributed by atoms with Gasteiger partial charge in [-0.25, -0.2) is 15.0 Å². The second-order valence-electron chi connectivity index (χ2n) is 6.78. The van der Waals surface area contributed by atoms with Gasteiger partial charge in [-0.3, -0.25) is 9.36 Å². The molecule has 4 rings (SSSR count). The van der Waals surface area contributed by atoms with E-state index in [0.717, 1.165) is 45.2 Å². The van der Waals surface area contributed by atoms with Crippen LogP contribution in [0.1, 0.15) is 21.7 Å². The largest absolute Gasteiger partial charge is 0.353 e. The van der Waals surface area contributed by atoms with Gasteiger partial charge in [-0.2, -0.15) is 0 Å². The molecule has 0 saturated carbocycles. The van der Waals surface area contributed by atoms with Crippen LogP contribution in [0, 0.1) is 17.4 Å². The molecule has 0 bridgehead atoms. The number of aryl methyl sites for hydroxylation is 1. The number of hydrogen-bond acceptors (Lipinski definition) is 5. The summed E-state index contributed by atoms with van der Waals surface area (Å²) in [5, 5.41) is 0. The Balaban J connectivity index is 1.47. The molecule has 1 saturated heterocycles. The fraction of sp³-hybridized carbons (Fsp3) is 0.300. The molecule has 0 aliphatic carbocycles. The van der Waals surface area contributed by atoms with Crippen molar-refractivity contribution >= 4 is 34.3 Å². The number of aromatic nitrogens is 4. The number of rotatable bonds is 3. The minimum Gasteiger partial charge on any atom is -0.353 e. The van der Waals surface area contributed by atoms with Gasteiger partial charge in [-0.1, -0.05) is 12.1 Å². The van der Waals surface area contributed by atoms with Gasteiger partial charge in [0.05, 0.1) is 11.3 Å². The highest BCUT2D eigenvalue weighted by atomic mass is 127. The van der Waals surface area contributed by atoms with Gasteiger partial charge < -0.3 is 9.80 Å². The topological polar surface area (TPSA) is 67.2 Å². The summed E-state index contributed by atoms with van der Waals surface area (Å²) in [5.74, 6) is 1.77. The second kappa shape index (κ2) is 7.86. The molecule has 3 aromatic rings. The Kier molecular flexibility index (Phi) is 5.29. The molecule has 7 nitrogen and oxygen atoms in total. The zero-order chi connectivity index (χ0) is 19.7. The van der Waals surface area contributed by atoms with E-state index >= 15 is 0 Å². The van der Waals surface area contributed by atoms with Crippen molar-refractivity contribution in [1.82, 2.24) is 24.4 Å². The van der Waals surface area contributed by atoms with Crippen LogP contribution in [-0.2, 0) is 0 Å². The molecule has 144 valence electrons. The van der Waals surface area contributed by atoms with Gasteiger partial charge in [0.1, 0.15) is 24.3 Å². The molecule has 0 atom stereocenters. The van der Waals surface area contributed by atoms with Crippen LogP contribution in [-0.4, -0.2) is 56.5 Å². The van der Waals surface area contributed by atoms with Crippen LogP contribution < -0.4 is 4.90 Å². The molecule has 0 spiro atoms. The number of piperazine rings is 1. The molecule has 1 amide bonds. The number of hydrogen-bond donors (Lipinski definition) is 0. The summed E-state index contributed by atoms with van der Waals surface area (Å²) in [6.07, 6.45) is 3.37. The van der Waals surface area contributed by atoms with Crippen molar-refractivity contribution in [3.05, 3.63) is 63.5 Å². The predicted molar refractivity (Wildman–Crippen MR) is 116 cm³/mol. The first-order valence-corrected chi connectivity index (χ1v) is 10.2. The van der Waals surface area contributed by atoms with Crippen molar-refractivity contribution in [2.45, 2.75) is 13.8 Å². The molecule has 0 N–H and O–H groups in total. The summed E-state index contributed by atoms with van der Waals surface area (Å²) in [5.41, 5.74) is 2.83. The molecule has 0 radical (unpaired) electrons. The monoisotopic (exact) mass is 488 g/mol. The Bertz CT molecular complexity index is 1010. The maximum Gasteiger partial charge on any atom is 0.255 e. The van der Waals surface area contributed by atoms with Gasteiger partial charge in [0, 0.05) is 41.5 Å². The molecular formula is C20H21IN6O. The van der Waals surface area contributed by atoms with Gasteiger partial charge in [0.15, 0.2) is 0 Å². The van der Waals surface area contributed by atoms with Crippen molar-refractivity contribution in [3.63, 3.8) is 0 Å². The number of imidazole rings is 1. The molecule has 2 aromatic heterocycles. The summed E-state index contributed by atoms with van der Waals surface area (Å²) >= 11 is 2.22. The summed E-state index contributed by atoms with van der Waals surface area (Å²) < 4.78 is 2.96. The number of carbonyl (C=O) groups is 1. The number of nitrogens with zero attached hydrogens (tertiary/aromatic N) is 6. The molecule has 3 heterocycles. The standard InChI is InChI=1S/C20H21IN6O/c1-14-15(2)27(13-24-14)19-11-18(22-12-23-19)25-7-9-26(10-8-25)20(28)16-5-3-4-6-17(16)21/h3-6,11-13H,7-10H2,1-2H3. The van der Waals surface area contributed by atoms with Gasteiger partial charge in [0.2, 0.25) is 0 Å². The van der Waals surface area contributed by atoms with E-state index < -0.39 is 0 Å². The molecular weight excluding hydrogens is 467 g/mol. The highest BCUT2D eigenvalue weighted by molar-refractivity contribution is 14.1. The maximum absolute atomic E-state index is 12.8. The van der Waals surface area contributed by atoms with Gasteiger partial charge in [0.25, 0.3) is 5.91 Å². The Morgan fingerprint density at radius 2 is 1.71 bits per heavy atom. The lowest BCUT2D eigenvalue weighted by molar-refractivity contribution is 0.0745. The van der Waals surface area contributed by atoms with E-state index in [-0.39, 0.29) is 5.91 Å². The lowest BCUT2D eigenvalue weighted by Gasteiger charge is -2.35. The Labute approximate surface area is 177 Å². The van der Waals surface area contributed by atoms with Crippen molar-refractivity contribution < 1.29 is 4.79 Å². The fourth-order valence-electron chi connectivity index (χ4n) is 3.32. The zero-order valence-electron chi connectivity index (χ0n) is 15.8. The van der Waals surface area contributed by atoms with E-state index in [1.54, 1.807) is 12.7 Å². The van der Waals surface area contributed by atoms with E-state index in [2.05, 4.69) is 42.4 Å². The van der Waals surface area contributed by atoms with Gasteiger partial charge >= 0.3 is 0 Å². The number of carbonyl (C=O) groups excluding carboxylic acids is 1. The molecule has 1 aliphatic rings.